The Morgan fingerprint density at radius 3 is 2.88 bits per heavy atom. The maximum Gasteiger partial charge on any atom is 0.251 e. The Labute approximate surface area is 103 Å². The molecule has 0 saturated heterocycles. The van der Waals surface area contributed by atoms with Crippen LogP contribution in [0.3, 0.4) is 0 Å². The monoisotopic (exact) mass is 250 g/mol. The molecule has 0 aliphatic carbocycles. The lowest BCUT2D eigenvalue weighted by molar-refractivity contribution is -0.113. The summed E-state index contributed by atoms with van der Waals surface area (Å²) in [6.07, 6.45) is 0. The lowest BCUT2D eigenvalue weighted by Gasteiger charge is -2.05. The van der Waals surface area contributed by atoms with Gasteiger partial charge in [0.05, 0.1) is 0 Å². The molecule has 1 heterocycles. The van der Waals surface area contributed by atoms with Crippen molar-refractivity contribution in [2.75, 3.05) is 11.2 Å². The molecule has 0 radical (unpaired) electrons. The lowest BCUT2D eigenvalue weighted by Crippen LogP contribution is -2.13. The molecule has 4 nitrogen and oxygen atoms in total. The van der Waals surface area contributed by atoms with Crippen molar-refractivity contribution in [3.8, 4) is 0 Å². The number of alkyl halides is 1. The number of anilines is 1. The fourth-order valence-corrected chi connectivity index (χ4v) is 1.65. The lowest BCUT2D eigenvalue weighted by atomic mass is 10.1. The van der Waals surface area contributed by atoms with E-state index < -0.39 is 0 Å². The molecule has 2 rings (SSSR count). The fourth-order valence-electron chi connectivity index (χ4n) is 1.59. The topological polar surface area (TPSA) is 62.0 Å². The van der Waals surface area contributed by atoms with Crippen LogP contribution in [0.25, 0.3) is 10.9 Å². The molecule has 0 spiro atoms. The number of carbonyl (C=O) groups is 1. The van der Waals surface area contributed by atoms with Crippen molar-refractivity contribution in [2.45, 2.75) is 6.92 Å². The van der Waals surface area contributed by atoms with E-state index in [4.69, 9.17) is 11.6 Å². The molecule has 0 aliphatic heterocycles. The van der Waals surface area contributed by atoms with Gasteiger partial charge in [-0.25, -0.2) is 0 Å². The van der Waals surface area contributed by atoms with Crippen LogP contribution >= 0.6 is 11.6 Å². The van der Waals surface area contributed by atoms with Crippen LogP contribution in [0.5, 0.6) is 0 Å². The summed E-state index contributed by atoms with van der Waals surface area (Å²) in [6.45, 7) is 1.74. The van der Waals surface area contributed by atoms with Crippen LogP contribution in [0, 0.1) is 6.92 Å². The Kier molecular flexibility index (Phi) is 3.15. The van der Waals surface area contributed by atoms with Gasteiger partial charge in [-0.05, 0) is 31.2 Å². The number of hydrogen-bond acceptors (Lipinski definition) is 2. The Hall–Kier alpha value is -1.81. The third-order valence-corrected chi connectivity index (χ3v) is 2.68. The van der Waals surface area contributed by atoms with Crippen LogP contribution in [-0.4, -0.2) is 16.8 Å². The molecule has 0 unspecified atom stereocenters. The predicted molar refractivity (Wildman–Crippen MR) is 68.7 cm³/mol. The summed E-state index contributed by atoms with van der Waals surface area (Å²) >= 11 is 5.41. The fraction of sp³-hybridized carbons (Fsp3) is 0.167. The minimum absolute atomic E-state index is 0.0807. The SMILES string of the molecule is Cc1cc2cc(NC(=O)CCl)ccc2[nH]c1=O. The van der Waals surface area contributed by atoms with E-state index >= 15 is 0 Å². The highest BCUT2D eigenvalue weighted by Gasteiger charge is 2.03. The summed E-state index contributed by atoms with van der Waals surface area (Å²) in [4.78, 5) is 25.3. The minimum atomic E-state index is -0.257. The summed E-state index contributed by atoms with van der Waals surface area (Å²) in [5.74, 6) is -0.338. The summed E-state index contributed by atoms with van der Waals surface area (Å²) < 4.78 is 0. The third-order valence-electron chi connectivity index (χ3n) is 2.44. The molecule has 0 saturated carbocycles. The first-order chi connectivity index (χ1) is 8.10. The number of halogens is 1. The van der Waals surface area contributed by atoms with Gasteiger partial charge < -0.3 is 10.3 Å². The molecule has 1 aromatic carbocycles. The van der Waals surface area contributed by atoms with Crippen LogP contribution in [-0.2, 0) is 4.79 Å². The van der Waals surface area contributed by atoms with Gasteiger partial charge in [0, 0.05) is 22.2 Å². The quantitative estimate of drug-likeness (QED) is 0.801. The van der Waals surface area contributed by atoms with Crippen LogP contribution in [0.2, 0.25) is 0 Å². The van der Waals surface area contributed by atoms with Crippen molar-refractivity contribution in [2.24, 2.45) is 0 Å². The summed E-state index contributed by atoms with van der Waals surface area (Å²) in [5, 5.41) is 3.52. The van der Waals surface area contributed by atoms with E-state index in [2.05, 4.69) is 10.3 Å². The standard InChI is InChI=1S/C12H11ClN2O2/c1-7-4-8-5-9(14-11(16)6-13)2-3-10(8)15-12(7)17/h2-5H,6H2,1H3,(H,14,16)(H,15,17). The first-order valence-electron chi connectivity index (χ1n) is 5.09. The Morgan fingerprint density at radius 2 is 2.18 bits per heavy atom. The summed E-state index contributed by atoms with van der Waals surface area (Å²) in [6, 6.07) is 7.05. The highest BCUT2D eigenvalue weighted by atomic mass is 35.5. The van der Waals surface area contributed by atoms with Gasteiger partial charge in [-0.15, -0.1) is 11.6 Å². The number of aromatic nitrogens is 1. The van der Waals surface area contributed by atoms with Crippen molar-refractivity contribution < 1.29 is 4.79 Å². The van der Waals surface area contributed by atoms with Gasteiger partial charge in [-0.1, -0.05) is 0 Å². The average molecular weight is 251 g/mol. The number of aryl methyl sites for hydroxylation is 1. The smallest absolute Gasteiger partial charge is 0.251 e. The number of aromatic amines is 1. The average Bonchev–Trinajstić information content (AvgIpc) is 2.31. The number of carbonyl (C=O) groups excluding carboxylic acids is 1. The molecule has 88 valence electrons. The van der Waals surface area contributed by atoms with Crippen molar-refractivity contribution >= 4 is 34.1 Å². The van der Waals surface area contributed by atoms with Gasteiger partial charge in [-0.2, -0.15) is 0 Å². The van der Waals surface area contributed by atoms with E-state index in [9.17, 15) is 9.59 Å². The van der Waals surface area contributed by atoms with Gasteiger partial charge >= 0.3 is 0 Å². The largest absolute Gasteiger partial charge is 0.325 e. The van der Waals surface area contributed by atoms with E-state index in [0.29, 0.717) is 11.3 Å². The van der Waals surface area contributed by atoms with Gasteiger partial charge in [0.2, 0.25) is 5.91 Å². The molecule has 2 aromatic rings. The zero-order valence-electron chi connectivity index (χ0n) is 9.21. The molecule has 2 N–H and O–H groups in total. The van der Waals surface area contributed by atoms with Gasteiger partial charge in [0.25, 0.3) is 5.56 Å². The van der Waals surface area contributed by atoms with E-state index in [1.165, 1.54) is 0 Å². The third kappa shape index (κ3) is 2.47. The number of H-pyrrole nitrogens is 1. The summed E-state index contributed by atoms with van der Waals surface area (Å²) in [5.41, 5.74) is 1.94. The molecule has 0 fully saturated rings. The first kappa shape index (κ1) is 11.7. The van der Waals surface area contributed by atoms with Crippen LogP contribution in [0.15, 0.2) is 29.1 Å². The second kappa shape index (κ2) is 4.59. The number of amides is 1. The number of nitrogens with one attached hydrogen (secondary N) is 2. The van der Waals surface area contributed by atoms with Crippen LogP contribution < -0.4 is 10.9 Å². The van der Waals surface area contributed by atoms with Gasteiger partial charge in [0.1, 0.15) is 5.88 Å². The van der Waals surface area contributed by atoms with Crippen molar-refractivity contribution in [3.05, 3.63) is 40.2 Å². The number of fused-ring (bicyclic) bond motifs is 1. The maximum absolute atomic E-state index is 11.4. The highest BCUT2D eigenvalue weighted by molar-refractivity contribution is 6.29. The van der Waals surface area contributed by atoms with E-state index in [1.807, 2.05) is 0 Å². The highest BCUT2D eigenvalue weighted by Crippen LogP contribution is 2.17. The second-order valence-corrected chi connectivity index (χ2v) is 4.03. The molecule has 1 amide bonds. The second-order valence-electron chi connectivity index (χ2n) is 3.77. The molecule has 0 aliphatic rings. The molecular weight excluding hydrogens is 240 g/mol. The minimum Gasteiger partial charge on any atom is -0.325 e. The first-order valence-corrected chi connectivity index (χ1v) is 5.63. The van der Waals surface area contributed by atoms with Crippen molar-refractivity contribution in [1.29, 1.82) is 0 Å². The number of hydrogen-bond donors (Lipinski definition) is 2. The van der Waals surface area contributed by atoms with Crippen LogP contribution in [0.1, 0.15) is 5.56 Å². The Bertz CT molecular complexity index is 634. The number of pyridine rings is 1. The number of rotatable bonds is 2. The van der Waals surface area contributed by atoms with E-state index in [1.54, 1.807) is 31.2 Å². The molecule has 0 bridgehead atoms. The van der Waals surface area contributed by atoms with Gasteiger partial charge in [-0.3, -0.25) is 9.59 Å². The predicted octanol–water partition coefficient (Wildman–Crippen LogP) is 2.01. The van der Waals surface area contributed by atoms with E-state index in [-0.39, 0.29) is 17.3 Å². The normalized spacial score (nSPS) is 10.5. The van der Waals surface area contributed by atoms with Crippen molar-refractivity contribution in [3.63, 3.8) is 0 Å². The zero-order chi connectivity index (χ0) is 12.4. The van der Waals surface area contributed by atoms with Gasteiger partial charge in [0.15, 0.2) is 0 Å². The molecule has 5 heteroatoms. The Morgan fingerprint density at radius 1 is 1.41 bits per heavy atom. The maximum atomic E-state index is 11.4. The Balaban J connectivity index is 2.47. The van der Waals surface area contributed by atoms with Crippen LogP contribution in [0.4, 0.5) is 5.69 Å². The van der Waals surface area contributed by atoms with E-state index in [0.717, 1.165) is 10.9 Å². The molecule has 17 heavy (non-hydrogen) atoms. The number of benzene rings is 1. The van der Waals surface area contributed by atoms with Crippen molar-refractivity contribution in [1.82, 2.24) is 4.98 Å². The zero-order valence-corrected chi connectivity index (χ0v) is 9.97. The molecule has 1 aromatic heterocycles. The molecule has 0 atom stereocenters. The summed E-state index contributed by atoms with van der Waals surface area (Å²) in [7, 11) is 0. The molecular formula is C12H11ClN2O2.